The van der Waals surface area contributed by atoms with Crippen molar-refractivity contribution in [3.8, 4) is 5.75 Å². The fourth-order valence-electron chi connectivity index (χ4n) is 3.29. The van der Waals surface area contributed by atoms with E-state index in [-0.39, 0.29) is 11.8 Å². The van der Waals surface area contributed by atoms with Gasteiger partial charge in [0.2, 0.25) is 11.8 Å². The highest BCUT2D eigenvalue weighted by Crippen LogP contribution is 2.20. The van der Waals surface area contributed by atoms with Gasteiger partial charge in [-0.25, -0.2) is 4.79 Å². The minimum atomic E-state index is -0.503. The molecule has 29 heavy (non-hydrogen) atoms. The number of nitrogens with zero attached hydrogens (tertiary/aromatic N) is 2. The lowest BCUT2D eigenvalue weighted by atomic mass is 9.95. The maximum atomic E-state index is 12.5. The van der Waals surface area contributed by atoms with Crippen LogP contribution < -0.4 is 10.1 Å². The smallest absolute Gasteiger partial charge is 0.350 e. The molecule has 1 heterocycles. The van der Waals surface area contributed by atoms with Gasteiger partial charge in [0.15, 0.2) is 0 Å². The maximum Gasteiger partial charge on any atom is 0.350 e. The second-order valence-corrected chi connectivity index (χ2v) is 6.97. The lowest BCUT2D eigenvalue weighted by molar-refractivity contribution is -0.129. The van der Waals surface area contributed by atoms with Gasteiger partial charge in [0, 0.05) is 19.5 Å². The van der Waals surface area contributed by atoms with Gasteiger partial charge >= 0.3 is 6.03 Å². The normalized spacial score (nSPS) is 17.8. The summed E-state index contributed by atoms with van der Waals surface area (Å²) >= 11 is 0. The van der Waals surface area contributed by atoms with Gasteiger partial charge in [-0.15, -0.1) is 0 Å². The second kappa shape index (κ2) is 9.82. The number of rotatable bonds is 9. The van der Waals surface area contributed by atoms with Crippen molar-refractivity contribution in [2.24, 2.45) is 10.9 Å². The minimum Gasteiger partial charge on any atom is -0.497 e. The number of amides is 4. The lowest BCUT2D eigenvalue weighted by Gasteiger charge is -2.28. The molecule has 7 nitrogen and oxygen atoms in total. The Morgan fingerprint density at radius 3 is 2.90 bits per heavy atom. The topological polar surface area (TPSA) is 88.1 Å². The van der Waals surface area contributed by atoms with E-state index in [0.717, 1.165) is 17.7 Å². The monoisotopic (exact) mass is 395 g/mol. The first kappa shape index (κ1) is 20.5. The molecule has 0 radical (unpaired) electrons. The van der Waals surface area contributed by atoms with Crippen LogP contribution in [0, 0.1) is 5.92 Å². The van der Waals surface area contributed by atoms with Crippen molar-refractivity contribution in [1.82, 2.24) is 10.2 Å². The molecule has 1 unspecified atom stereocenters. The van der Waals surface area contributed by atoms with Gasteiger partial charge in [-0.1, -0.05) is 36.8 Å². The molecule has 2 aliphatic rings. The number of hydrogen-bond acceptors (Lipinski definition) is 4. The number of carbonyl (C=O) groups is 3. The van der Waals surface area contributed by atoms with Gasteiger partial charge in [-0.2, -0.15) is 4.99 Å². The summed E-state index contributed by atoms with van der Waals surface area (Å²) in [6.45, 7) is 0.782. The molecule has 1 aliphatic heterocycles. The molecular weight excluding hydrogens is 370 g/mol. The minimum absolute atomic E-state index is 0.0219. The molecule has 7 heteroatoms. The Hall–Kier alpha value is -3.22. The summed E-state index contributed by atoms with van der Waals surface area (Å²) in [6, 6.07) is 7.06. The van der Waals surface area contributed by atoms with E-state index in [1.54, 1.807) is 31.4 Å². The number of ether oxygens (including phenoxy) is 1. The zero-order valence-corrected chi connectivity index (χ0v) is 16.5. The van der Waals surface area contributed by atoms with Crippen LogP contribution in [0.5, 0.6) is 5.75 Å². The Balaban J connectivity index is 1.35. The molecule has 0 bridgehead atoms. The van der Waals surface area contributed by atoms with E-state index >= 15 is 0 Å². The molecule has 0 spiro atoms. The van der Waals surface area contributed by atoms with Gasteiger partial charge in [0.25, 0.3) is 0 Å². The second-order valence-electron chi connectivity index (χ2n) is 6.97. The number of imide groups is 1. The van der Waals surface area contributed by atoms with E-state index in [4.69, 9.17) is 4.74 Å². The van der Waals surface area contributed by atoms with Crippen LogP contribution in [0.3, 0.4) is 0 Å². The lowest BCUT2D eigenvalue weighted by Crippen LogP contribution is -2.46. The standard InChI is InChI=1S/C22H25N3O4/c1-29-17-9-7-8-16(14-17)15-23-20(26)12-3-2-6-13-25-21(27)18-10-4-5-11-19(18)24-22(25)28/h4-5,7-11,14,18H,2-3,6,12-13,15H2,1H3,(H,23,26). The summed E-state index contributed by atoms with van der Waals surface area (Å²) in [4.78, 5) is 41.8. The number of benzene rings is 1. The molecule has 0 saturated carbocycles. The number of allylic oxidation sites excluding steroid dienone is 3. The maximum absolute atomic E-state index is 12.5. The van der Waals surface area contributed by atoms with E-state index in [0.29, 0.717) is 38.1 Å². The quantitative estimate of drug-likeness (QED) is 0.651. The highest BCUT2D eigenvalue weighted by atomic mass is 16.5. The molecule has 152 valence electrons. The fourth-order valence-corrected chi connectivity index (χ4v) is 3.29. The number of urea groups is 1. The number of hydrogen-bond donors (Lipinski definition) is 1. The molecule has 1 atom stereocenters. The Morgan fingerprint density at radius 2 is 2.07 bits per heavy atom. The van der Waals surface area contributed by atoms with E-state index in [1.807, 2.05) is 24.3 Å². The molecule has 1 N–H and O–H groups in total. The molecular formula is C22H25N3O4. The van der Waals surface area contributed by atoms with Crippen LogP contribution in [0.2, 0.25) is 0 Å². The van der Waals surface area contributed by atoms with Crippen molar-refractivity contribution in [1.29, 1.82) is 0 Å². The van der Waals surface area contributed by atoms with Crippen molar-refractivity contribution in [2.75, 3.05) is 13.7 Å². The van der Waals surface area contributed by atoms with Gasteiger partial charge in [-0.3, -0.25) is 14.5 Å². The van der Waals surface area contributed by atoms with Crippen molar-refractivity contribution in [2.45, 2.75) is 32.2 Å². The average Bonchev–Trinajstić information content (AvgIpc) is 2.74. The van der Waals surface area contributed by atoms with Crippen LogP contribution in [-0.2, 0) is 16.1 Å². The molecule has 4 amide bonds. The number of aliphatic imine (C=N–C) groups is 1. The highest BCUT2D eigenvalue weighted by molar-refractivity contribution is 6.21. The molecule has 1 aliphatic carbocycles. The zero-order chi connectivity index (χ0) is 20.6. The predicted molar refractivity (Wildman–Crippen MR) is 110 cm³/mol. The third kappa shape index (κ3) is 5.40. The summed E-state index contributed by atoms with van der Waals surface area (Å²) in [5.41, 5.74) is 1.48. The predicted octanol–water partition coefficient (Wildman–Crippen LogP) is 3.02. The van der Waals surface area contributed by atoms with E-state index in [2.05, 4.69) is 10.3 Å². The van der Waals surface area contributed by atoms with Crippen LogP contribution in [0.1, 0.15) is 31.2 Å². The first-order chi connectivity index (χ1) is 14.1. The molecule has 1 aromatic carbocycles. The third-order valence-electron chi connectivity index (χ3n) is 4.90. The SMILES string of the molecule is COc1cccc(CNC(=O)CCCCCN2C(=O)N=C3C=CC=CC3C2=O)c1. The Morgan fingerprint density at radius 1 is 1.21 bits per heavy atom. The Labute approximate surface area is 170 Å². The first-order valence-electron chi connectivity index (χ1n) is 9.77. The fraction of sp³-hybridized carbons (Fsp3) is 0.364. The number of carbonyl (C=O) groups excluding carboxylic acids is 3. The van der Waals surface area contributed by atoms with Crippen molar-refractivity contribution in [3.05, 3.63) is 54.1 Å². The van der Waals surface area contributed by atoms with Crippen LogP contribution >= 0.6 is 0 Å². The van der Waals surface area contributed by atoms with Gasteiger partial charge in [0.05, 0.1) is 18.7 Å². The highest BCUT2D eigenvalue weighted by Gasteiger charge is 2.35. The number of nitrogens with one attached hydrogen (secondary N) is 1. The third-order valence-corrected chi connectivity index (χ3v) is 4.90. The molecule has 1 aromatic rings. The Kier molecular flexibility index (Phi) is 6.94. The van der Waals surface area contributed by atoms with Crippen LogP contribution in [0.15, 0.2) is 53.6 Å². The molecule has 0 fully saturated rings. The van der Waals surface area contributed by atoms with E-state index < -0.39 is 11.9 Å². The number of fused-ring (bicyclic) bond motifs is 1. The summed E-state index contributed by atoms with van der Waals surface area (Å²) in [5, 5.41) is 2.89. The van der Waals surface area contributed by atoms with Crippen molar-refractivity contribution in [3.63, 3.8) is 0 Å². The van der Waals surface area contributed by atoms with Crippen molar-refractivity contribution < 1.29 is 19.1 Å². The van der Waals surface area contributed by atoms with Crippen LogP contribution in [0.4, 0.5) is 4.79 Å². The molecule has 3 rings (SSSR count). The molecule has 0 aromatic heterocycles. The number of methoxy groups -OCH3 is 1. The van der Waals surface area contributed by atoms with E-state index in [9.17, 15) is 14.4 Å². The zero-order valence-electron chi connectivity index (χ0n) is 16.5. The largest absolute Gasteiger partial charge is 0.497 e. The average molecular weight is 395 g/mol. The summed E-state index contributed by atoms with van der Waals surface area (Å²) in [7, 11) is 1.61. The summed E-state index contributed by atoms with van der Waals surface area (Å²) < 4.78 is 5.17. The van der Waals surface area contributed by atoms with E-state index in [1.165, 1.54) is 4.90 Å². The van der Waals surface area contributed by atoms with Gasteiger partial charge < -0.3 is 10.1 Å². The van der Waals surface area contributed by atoms with Crippen LogP contribution in [0.25, 0.3) is 0 Å². The summed E-state index contributed by atoms with van der Waals surface area (Å²) in [6.07, 6.45) is 9.52. The van der Waals surface area contributed by atoms with Gasteiger partial charge in [0.1, 0.15) is 5.75 Å². The Bertz CT molecular complexity index is 873. The first-order valence-corrected chi connectivity index (χ1v) is 9.77. The van der Waals surface area contributed by atoms with Crippen molar-refractivity contribution >= 4 is 23.6 Å². The van der Waals surface area contributed by atoms with Crippen LogP contribution in [-0.4, -0.2) is 42.1 Å². The van der Waals surface area contributed by atoms with Gasteiger partial charge in [-0.05, 0) is 36.6 Å². The molecule has 0 saturated heterocycles. The summed E-state index contributed by atoms with van der Waals surface area (Å²) in [5.74, 6) is 0.0535. The number of unbranched alkanes of at least 4 members (excludes halogenated alkanes) is 2.